The first-order chi connectivity index (χ1) is 6.81. The number of hydrogen-bond donors (Lipinski definition) is 1. The standard InChI is InChI=1S/C10H15N3O/c1-2-3-9(14)8-7-13-5-4-11-6-10(13)12-8/h7,11H,2-6H2,1H3. The van der Waals surface area contributed by atoms with Crippen LogP contribution in [0.3, 0.4) is 0 Å². The van der Waals surface area contributed by atoms with Gasteiger partial charge >= 0.3 is 0 Å². The van der Waals surface area contributed by atoms with Gasteiger partial charge in [-0.25, -0.2) is 4.98 Å². The topological polar surface area (TPSA) is 46.9 Å². The third kappa shape index (κ3) is 1.70. The minimum atomic E-state index is 0.161. The van der Waals surface area contributed by atoms with Crippen LogP contribution in [0.25, 0.3) is 0 Å². The van der Waals surface area contributed by atoms with Gasteiger partial charge in [0.05, 0.1) is 6.54 Å². The molecule has 0 aromatic carbocycles. The molecule has 0 fully saturated rings. The van der Waals surface area contributed by atoms with Gasteiger partial charge in [-0.3, -0.25) is 4.79 Å². The normalized spacial score (nSPS) is 15.2. The van der Waals surface area contributed by atoms with Crippen molar-refractivity contribution in [2.75, 3.05) is 6.54 Å². The zero-order chi connectivity index (χ0) is 9.97. The van der Waals surface area contributed by atoms with Gasteiger partial charge in [-0.05, 0) is 6.42 Å². The van der Waals surface area contributed by atoms with Crippen molar-refractivity contribution in [2.45, 2.75) is 32.9 Å². The van der Waals surface area contributed by atoms with E-state index in [9.17, 15) is 4.79 Å². The van der Waals surface area contributed by atoms with E-state index < -0.39 is 0 Å². The zero-order valence-corrected chi connectivity index (χ0v) is 8.42. The molecule has 1 aromatic heterocycles. The molecule has 4 heteroatoms. The number of aromatic nitrogens is 2. The van der Waals surface area contributed by atoms with Crippen LogP contribution in [-0.4, -0.2) is 21.9 Å². The third-order valence-electron chi connectivity index (χ3n) is 2.43. The highest BCUT2D eigenvalue weighted by Crippen LogP contribution is 2.09. The van der Waals surface area contributed by atoms with Crippen LogP contribution in [-0.2, 0) is 13.1 Å². The van der Waals surface area contributed by atoms with Crippen LogP contribution in [0.5, 0.6) is 0 Å². The summed E-state index contributed by atoms with van der Waals surface area (Å²) < 4.78 is 2.07. The third-order valence-corrected chi connectivity index (χ3v) is 2.43. The van der Waals surface area contributed by atoms with Gasteiger partial charge in [-0.2, -0.15) is 0 Å². The number of nitrogens with zero attached hydrogens (tertiary/aromatic N) is 2. The molecular formula is C10H15N3O. The lowest BCUT2D eigenvalue weighted by molar-refractivity contribution is 0.0977. The monoisotopic (exact) mass is 193 g/mol. The molecule has 0 radical (unpaired) electrons. The molecular weight excluding hydrogens is 178 g/mol. The summed E-state index contributed by atoms with van der Waals surface area (Å²) in [4.78, 5) is 15.9. The molecule has 0 bridgehead atoms. The summed E-state index contributed by atoms with van der Waals surface area (Å²) in [5.74, 6) is 1.14. The van der Waals surface area contributed by atoms with E-state index in [0.717, 1.165) is 31.9 Å². The summed E-state index contributed by atoms with van der Waals surface area (Å²) in [5.41, 5.74) is 0.630. The number of Topliss-reactive ketones (excluding diaryl/α,β-unsaturated/α-hetero) is 1. The van der Waals surface area contributed by atoms with Crippen LogP contribution in [0.15, 0.2) is 6.20 Å². The average molecular weight is 193 g/mol. The second kappa shape index (κ2) is 3.92. The Bertz CT molecular complexity index is 320. The number of hydrogen-bond acceptors (Lipinski definition) is 3. The summed E-state index contributed by atoms with van der Waals surface area (Å²) in [6, 6.07) is 0. The molecule has 76 valence electrons. The van der Waals surface area contributed by atoms with Crippen LogP contribution in [0.1, 0.15) is 36.1 Å². The zero-order valence-electron chi connectivity index (χ0n) is 8.42. The number of fused-ring (bicyclic) bond motifs is 1. The minimum absolute atomic E-state index is 0.161. The van der Waals surface area contributed by atoms with Gasteiger partial charge < -0.3 is 9.88 Å². The summed E-state index contributed by atoms with van der Waals surface area (Å²) >= 11 is 0. The van der Waals surface area contributed by atoms with Gasteiger partial charge in [-0.1, -0.05) is 6.92 Å². The fourth-order valence-electron chi connectivity index (χ4n) is 1.68. The van der Waals surface area contributed by atoms with Gasteiger partial charge in [0.1, 0.15) is 11.5 Å². The SMILES string of the molecule is CCCC(=O)c1cn2c(n1)CNCC2. The Morgan fingerprint density at radius 2 is 2.57 bits per heavy atom. The molecule has 1 aromatic rings. The Morgan fingerprint density at radius 3 is 3.29 bits per heavy atom. The Hall–Kier alpha value is -1.16. The van der Waals surface area contributed by atoms with Crippen molar-refractivity contribution in [3.8, 4) is 0 Å². The summed E-state index contributed by atoms with van der Waals surface area (Å²) in [7, 11) is 0. The number of carbonyl (C=O) groups is 1. The molecule has 4 nitrogen and oxygen atoms in total. The van der Waals surface area contributed by atoms with Crippen molar-refractivity contribution in [1.29, 1.82) is 0 Å². The van der Waals surface area contributed by atoms with E-state index in [1.807, 2.05) is 13.1 Å². The molecule has 0 amide bonds. The number of carbonyl (C=O) groups excluding carboxylic acids is 1. The summed E-state index contributed by atoms with van der Waals surface area (Å²) in [6.45, 7) is 4.67. The fourth-order valence-corrected chi connectivity index (χ4v) is 1.68. The average Bonchev–Trinajstić information content (AvgIpc) is 2.61. The Morgan fingerprint density at radius 1 is 1.71 bits per heavy atom. The first kappa shape index (κ1) is 9.40. The van der Waals surface area contributed by atoms with Crippen molar-refractivity contribution >= 4 is 5.78 Å². The quantitative estimate of drug-likeness (QED) is 0.727. The highest BCUT2D eigenvalue weighted by atomic mass is 16.1. The second-order valence-corrected chi connectivity index (χ2v) is 3.59. The Kier molecular flexibility index (Phi) is 2.63. The molecule has 1 N–H and O–H groups in total. The first-order valence-electron chi connectivity index (χ1n) is 5.11. The molecule has 0 saturated heterocycles. The number of imidazole rings is 1. The molecule has 0 atom stereocenters. The predicted octanol–water partition coefficient (Wildman–Crippen LogP) is 0.969. The molecule has 14 heavy (non-hydrogen) atoms. The summed E-state index contributed by atoms with van der Waals surface area (Å²) in [5, 5.41) is 3.23. The van der Waals surface area contributed by atoms with Crippen LogP contribution in [0, 0.1) is 0 Å². The van der Waals surface area contributed by atoms with Gasteiger partial charge in [0.15, 0.2) is 5.78 Å². The van der Waals surface area contributed by atoms with Crippen LogP contribution in [0.4, 0.5) is 0 Å². The Labute approximate surface area is 83.3 Å². The lowest BCUT2D eigenvalue weighted by Gasteiger charge is -2.13. The van der Waals surface area contributed by atoms with E-state index >= 15 is 0 Å². The smallest absolute Gasteiger partial charge is 0.182 e. The van der Waals surface area contributed by atoms with Gasteiger partial charge in [0, 0.05) is 25.7 Å². The maximum Gasteiger partial charge on any atom is 0.182 e. The van der Waals surface area contributed by atoms with Crippen LogP contribution < -0.4 is 5.32 Å². The maximum atomic E-state index is 11.6. The minimum Gasteiger partial charge on any atom is -0.332 e. The van der Waals surface area contributed by atoms with Crippen molar-refractivity contribution in [2.24, 2.45) is 0 Å². The molecule has 0 saturated carbocycles. The summed E-state index contributed by atoms with van der Waals surface area (Å²) in [6.07, 6.45) is 3.37. The van der Waals surface area contributed by atoms with Crippen molar-refractivity contribution in [3.05, 3.63) is 17.7 Å². The van der Waals surface area contributed by atoms with Crippen molar-refractivity contribution < 1.29 is 4.79 Å². The lowest BCUT2D eigenvalue weighted by Crippen LogP contribution is -2.27. The molecule has 0 spiro atoms. The number of nitrogens with one attached hydrogen (secondary N) is 1. The maximum absolute atomic E-state index is 11.6. The molecule has 2 rings (SSSR count). The number of ketones is 1. The lowest BCUT2D eigenvalue weighted by atomic mass is 10.2. The largest absolute Gasteiger partial charge is 0.332 e. The highest BCUT2D eigenvalue weighted by molar-refractivity contribution is 5.94. The second-order valence-electron chi connectivity index (χ2n) is 3.59. The van der Waals surface area contributed by atoms with Crippen LogP contribution >= 0.6 is 0 Å². The van der Waals surface area contributed by atoms with E-state index in [1.165, 1.54) is 0 Å². The van der Waals surface area contributed by atoms with Crippen molar-refractivity contribution in [3.63, 3.8) is 0 Å². The highest BCUT2D eigenvalue weighted by Gasteiger charge is 2.15. The predicted molar refractivity (Wildman–Crippen MR) is 53.2 cm³/mol. The molecule has 1 aliphatic rings. The van der Waals surface area contributed by atoms with E-state index in [2.05, 4.69) is 14.9 Å². The number of rotatable bonds is 3. The first-order valence-corrected chi connectivity index (χ1v) is 5.11. The van der Waals surface area contributed by atoms with E-state index in [-0.39, 0.29) is 5.78 Å². The van der Waals surface area contributed by atoms with E-state index in [4.69, 9.17) is 0 Å². The van der Waals surface area contributed by atoms with E-state index in [1.54, 1.807) is 0 Å². The fraction of sp³-hybridized carbons (Fsp3) is 0.600. The molecule has 2 heterocycles. The van der Waals surface area contributed by atoms with Crippen molar-refractivity contribution in [1.82, 2.24) is 14.9 Å². The molecule has 0 unspecified atom stereocenters. The molecule has 0 aliphatic carbocycles. The molecule has 1 aliphatic heterocycles. The van der Waals surface area contributed by atoms with Crippen LogP contribution in [0.2, 0.25) is 0 Å². The van der Waals surface area contributed by atoms with Gasteiger partial charge in [0.2, 0.25) is 0 Å². The van der Waals surface area contributed by atoms with Gasteiger partial charge in [-0.15, -0.1) is 0 Å². The van der Waals surface area contributed by atoms with Gasteiger partial charge in [0.25, 0.3) is 0 Å². The Balaban J connectivity index is 2.19. The van der Waals surface area contributed by atoms with E-state index in [0.29, 0.717) is 12.1 Å².